The highest BCUT2D eigenvalue weighted by Crippen LogP contribution is 2.31. The van der Waals surface area contributed by atoms with Gasteiger partial charge in [0, 0.05) is 32.4 Å². The van der Waals surface area contributed by atoms with Gasteiger partial charge in [-0.1, -0.05) is 29.3 Å². The molecule has 2 heterocycles. The molecule has 0 aliphatic carbocycles. The van der Waals surface area contributed by atoms with E-state index in [1.165, 1.54) is 0 Å². The van der Waals surface area contributed by atoms with Crippen LogP contribution in [0.3, 0.4) is 0 Å². The topological polar surface area (TPSA) is 48.5 Å². The van der Waals surface area contributed by atoms with E-state index in [0.717, 1.165) is 26.2 Å². The predicted molar refractivity (Wildman–Crippen MR) is 97.4 cm³/mol. The first-order chi connectivity index (χ1) is 11.5. The number of halogens is 2. The second-order valence-electron chi connectivity index (χ2n) is 5.75. The molecule has 0 spiro atoms. The van der Waals surface area contributed by atoms with Gasteiger partial charge >= 0.3 is 0 Å². The van der Waals surface area contributed by atoms with E-state index in [1.54, 1.807) is 24.4 Å². The van der Waals surface area contributed by atoms with Crippen molar-refractivity contribution in [2.75, 3.05) is 38.5 Å². The van der Waals surface area contributed by atoms with Crippen LogP contribution in [0.25, 0.3) is 0 Å². The molecule has 7 heteroatoms. The maximum atomic E-state index is 12.5. The van der Waals surface area contributed by atoms with Crippen molar-refractivity contribution in [3.8, 4) is 0 Å². The number of benzene rings is 1. The first-order valence-corrected chi connectivity index (χ1v) is 8.45. The van der Waals surface area contributed by atoms with E-state index in [1.807, 2.05) is 17.0 Å². The first kappa shape index (κ1) is 17.0. The number of hydrogen-bond donors (Lipinski definition) is 1. The molecular weight excluding hydrogens is 347 g/mol. The number of likely N-dealkylation sites (N-methyl/N-ethyl adjacent to an activating group) is 1. The third-order valence-corrected chi connectivity index (χ3v) is 4.83. The van der Waals surface area contributed by atoms with Crippen molar-refractivity contribution in [2.24, 2.45) is 0 Å². The summed E-state index contributed by atoms with van der Waals surface area (Å²) in [5, 5.41) is 4.02. The number of nitrogens with one attached hydrogen (secondary N) is 1. The number of rotatable bonds is 3. The Kier molecular flexibility index (Phi) is 5.23. The number of carbonyl (C=O) groups is 1. The van der Waals surface area contributed by atoms with E-state index in [-0.39, 0.29) is 5.91 Å². The fourth-order valence-electron chi connectivity index (χ4n) is 2.52. The number of aromatic nitrogens is 1. The minimum absolute atomic E-state index is 0.0166. The smallest absolute Gasteiger partial charge is 0.255 e. The molecule has 1 saturated heterocycles. The second-order valence-corrected chi connectivity index (χ2v) is 6.54. The number of hydrogen-bond acceptors (Lipinski definition) is 4. The molecule has 1 aromatic carbocycles. The lowest BCUT2D eigenvalue weighted by atomic mass is 10.2. The predicted octanol–water partition coefficient (Wildman–Crippen LogP) is 3.52. The Balaban J connectivity index is 1.69. The van der Waals surface area contributed by atoms with Crippen LogP contribution < -0.4 is 5.32 Å². The zero-order valence-electron chi connectivity index (χ0n) is 13.3. The fourth-order valence-corrected chi connectivity index (χ4v) is 2.87. The lowest BCUT2D eigenvalue weighted by Gasteiger charge is -2.32. The Morgan fingerprint density at radius 2 is 1.88 bits per heavy atom. The molecule has 1 fully saturated rings. The molecule has 0 saturated carbocycles. The summed E-state index contributed by atoms with van der Waals surface area (Å²) in [5.74, 6) is 0.622. The molecule has 1 N–H and O–H groups in total. The van der Waals surface area contributed by atoms with Gasteiger partial charge < -0.3 is 15.1 Å². The number of piperazine rings is 1. The van der Waals surface area contributed by atoms with Crippen LogP contribution in [0.4, 0.5) is 11.5 Å². The van der Waals surface area contributed by atoms with Crippen LogP contribution in [-0.4, -0.2) is 53.9 Å². The van der Waals surface area contributed by atoms with E-state index in [4.69, 9.17) is 23.2 Å². The summed E-state index contributed by atoms with van der Waals surface area (Å²) in [6, 6.07) is 8.89. The zero-order valence-corrected chi connectivity index (χ0v) is 14.8. The standard InChI is InChI=1S/C17H18Cl2N4O/c1-22-7-9-23(10-8-22)17(24)12-5-6-15(20-11-12)21-14-4-2-3-13(18)16(14)19/h2-6,11H,7-10H2,1H3,(H,20,21). The SMILES string of the molecule is CN1CCN(C(=O)c2ccc(Nc3cccc(Cl)c3Cl)nc2)CC1. The summed E-state index contributed by atoms with van der Waals surface area (Å²) in [7, 11) is 2.06. The number of amides is 1. The number of pyridine rings is 1. The van der Waals surface area contributed by atoms with Gasteiger partial charge in [-0.15, -0.1) is 0 Å². The highest BCUT2D eigenvalue weighted by Gasteiger charge is 2.20. The molecule has 0 radical (unpaired) electrons. The molecule has 24 heavy (non-hydrogen) atoms. The summed E-state index contributed by atoms with van der Waals surface area (Å²) in [6.45, 7) is 3.28. The summed E-state index contributed by atoms with van der Waals surface area (Å²) >= 11 is 12.1. The summed E-state index contributed by atoms with van der Waals surface area (Å²) in [5.41, 5.74) is 1.26. The van der Waals surface area contributed by atoms with E-state index < -0.39 is 0 Å². The van der Waals surface area contributed by atoms with Crippen LogP contribution in [0, 0.1) is 0 Å². The number of carbonyl (C=O) groups excluding carboxylic acids is 1. The number of nitrogens with zero attached hydrogens (tertiary/aromatic N) is 3. The molecule has 2 aromatic rings. The molecule has 1 aliphatic heterocycles. The highest BCUT2D eigenvalue weighted by molar-refractivity contribution is 6.43. The monoisotopic (exact) mass is 364 g/mol. The van der Waals surface area contributed by atoms with Gasteiger partial charge in [0.05, 0.1) is 21.3 Å². The largest absolute Gasteiger partial charge is 0.339 e. The molecular formula is C17H18Cl2N4O. The lowest BCUT2D eigenvalue weighted by molar-refractivity contribution is 0.0663. The van der Waals surface area contributed by atoms with E-state index in [0.29, 0.717) is 27.1 Å². The first-order valence-electron chi connectivity index (χ1n) is 7.69. The van der Waals surface area contributed by atoms with Crippen molar-refractivity contribution in [1.82, 2.24) is 14.8 Å². The minimum atomic E-state index is 0.0166. The fraction of sp³-hybridized carbons (Fsp3) is 0.294. The Labute approximate surface area is 151 Å². The van der Waals surface area contributed by atoms with Gasteiger partial charge in [-0.3, -0.25) is 4.79 Å². The van der Waals surface area contributed by atoms with Gasteiger partial charge in [-0.2, -0.15) is 0 Å². The van der Waals surface area contributed by atoms with Gasteiger partial charge in [0.25, 0.3) is 5.91 Å². The van der Waals surface area contributed by atoms with E-state index in [2.05, 4.69) is 22.2 Å². The van der Waals surface area contributed by atoms with Gasteiger partial charge in [0.2, 0.25) is 0 Å². The van der Waals surface area contributed by atoms with Crippen LogP contribution in [0.2, 0.25) is 10.0 Å². The van der Waals surface area contributed by atoms with E-state index in [9.17, 15) is 4.79 Å². The average molecular weight is 365 g/mol. The van der Waals surface area contributed by atoms with Crippen molar-refractivity contribution >= 4 is 40.6 Å². The Morgan fingerprint density at radius 1 is 1.12 bits per heavy atom. The van der Waals surface area contributed by atoms with E-state index >= 15 is 0 Å². The highest BCUT2D eigenvalue weighted by atomic mass is 35.5. The zero-order chi connectivity index (χ0) is 17.1. The molecule has 0 atom stereocenters. The number of anilines is 2. The summed E-state index contributed by atoms with van der Waals surface area (Å²) in [4.78, 5) is 20.9. The molecule has 0 bridgehead atoms. The van der Waals surface area contributed by atoms with Crippen molar-refractivity contribution in [1.29, 1.82) is 0 Å². The maximum Gasteiger partial charge on any atom is 0.255 e. The second kappa shape index (κ2) is 7.38. The van der Waals surface area contributed by atoms with Crippen LogP contribution >= 0.6 is 23.2 Å². The van der Waals surface area contributed by atoms with Crippen LogP contribution in [0.15, 0.2) is 36.5 Å². The maximum absolute atomic E-state index is 12.5. The third-order valence-electron chi connectivity index (χ3n) is 4.02. The lowest BCUT2D eigenvalue weighted by Crippen LogP contribution is -2.47. The molecule has 1 aliphatic rings. The van der Waals surface area contributed by atoms with Gasteiger partial charge in [0.1, 0.15) is 5.82 Å². The summed E-state index contributed by atoms with van der Waals surface area (Å²) in [6.07, 6.45) is 1.58. The molecule has 0 unspecified atom stereocenters. The minimum Gasteiger partial charge on any atom is -0.339 e. The van der Waals surface area contributed by atoms with Crippen molar-refractivity contribution in [3.63, 3.8) is 0 Å². The van der Waals surface area contributed by atoms with Gasteiger partial charge in [0.15, 0.2) is 0 Å². The third kappa shape index (κ3) is 3.80. The quantitative estimate of drug-likeness (QED) is 0.904. The van der Waals surface area contributed by atoms with Gasteiger partial charge in [-0.05, 0) is 31.3 Å². The average Bonchev–Trinajstić information content (AvgIpc) is 2.60. The molecule has 1 aromatic heterocycles. The molecule has 1 amide bonds. The molecule has 5 nitrogen and oxygen atoms in total. The van der Waals surface area contributed by atoms with Crippen LogP contribution in [-0.2, 0) is 0 Å². The van der Waals surface area contributed by atoms with Crippen molar-refractivity contribution in [2.45, 2.75) is 0 Å². The molecule has 3 rings (SSSR count). The van der Waals surface area contributed by atoms with Gasteiger partial charge in [-0.25, -0.2) is 4.98 Å². The van der Waals surface area contributed by atoms with Crippen LogP contribution in [0.5, 0.6) is 0 Å². The van der Waals surface area contributed by atoms with Crippen molar-refractivity contribution in [3.05, 3.63) is 52.1 Å². The Hall–Kier alpha value is -1.82. The normalized spacial score (nSPS) is 15.4. The Bertz CT molecular complexity index is 728. The molecule has 126 valence electrons. The summed E-state index contributed by atoms with van der Waals surface area (Å²) < 4.78 is 0. The van der Waals surface area contributed by atoms with Crippen LogP contribution in [0.1, 0.15) is 10.4 Å². The van der Waals surface area contributed by atoms with Crippen molar-refractivity contribution < 1.29 is 4.79 Å². The Morgan fingerprint density at radius 3 is 2.54 bits per heavy atom.